The summed E-state index contributed by atoms with van der Waals surface area (Å²) >= 11 is 0. The summed E-state index contributed by atoms with van der Waals surface area (Å²) in [5, 5.41) is 0.560. The highest BCUT2D eigenvalue weighted by molar-refractivity contribution is 5.94. The van der Waals surface area contributed by atoms with Gasteiger partial charge in [-0.1, -0.05) is 43.5 Å². The summed E-state index contributed by atoms with van der Waals surface area (Å²) in [6.45, 7) is 2.32. The van der Waals surface area contributed by atoms with Gasteiger partial charge in [0.2, 0.25) is 5.95 Å². The number of hydrazine groups is 1. The molecular formula is C23H26N4O2. The van der Waals surface area contributed by atoms with Gasteiger partial charge in [-0.25, -0.2) is 4.98 Å². The second-order valence-electron chi connectivity index (χ2n) is 7.54. The molecule has 0 radical (unpaired) electrons. The molecule has 0 bridgehead atoms. The Morgan fingerprint density at radius 3 is 2.52 bits per heavy atom. The van der Waals surface area contributed by atoms with Gasteiger partial charge in [-0.2, -0.15) is 0 Å². The second-order valence-corrected chi connectivity index (χ2v) is 7.54. The van der Waals surface area contributed by atoms with Crippen LogP contribution in [0.4, 0.5) is 5.95 Å². The number of carbonyl (C=O) groups excluding carboxylic acids is 1. The molecule has 1 amide bonds. The molecule has 0 aliphatic heterocycles. The minimum Gasteiger partial charge on any atom is -0.277 e. The number of aromatic nitrogens is 2. The van der Waals surface area contributed by atoms with Crippen molar-refractivity contribution in [3.63, 3.8) is 0 Å². The van der Waals surface area contributed by atoms with Crippen LogP contribution in [0.5, 0.6) is 0 Å². The second kappa shape index (κ2) is 8.47. The van der Waals surface area contributed by atoms with Crippen LogP contribution in [0.2, 0.25) is 0 Å². The molecular weight excluding hydrogens is 364 g/mol. The predicted octanol–water partition coefficient (Wildman–Crippen LogP) is 4.22. The Labute approximate surface area is 169 Å². The van der Waals surface area contributed by atoms with E-state index in [1.165, 1.54) is 42.2 Å². The number of hydrogen-bond acceptors (Lipinski definition) is 4. The lowest BCUT2D eigenvalue weighted by Crippen LogP contribution is -2.34. The third kappa shape index (κ3) is 4.01. The molecule has 1 heterocycles. The lowest BCUT2D eigenvalue weighted by molar-refractivity contribution is 0.0962. The van der Waals surface area contributed by atoms with Gasteiger partial charge in [-0.05, 0) is 55.5 Å². The van der Waals surface area contributed by atoms with Crippen molar-refractivity contribution in [2.24, 2.45) is 0 Å². The number of nitrogens with one attached hydrogen (secondary N) is 2. The summed E-state index contributed by atoms with van der Waals surface area (Å²) < 4.78 is 1.51. The third-order valence-corrected chi connectivity index (χ3v) is 5.72. The fraction of sp³-hybridized carbons (Fsp3) is 0.348. The Kier molecular flexibility index (Phi) is 5.60. The smallest absolute Gasteiger partial charge is 0.269 e. The van der Waals surface area contributed by atoms with Gasteiger partial charge < -0.3 is 0 Å². The summed E-state index contributed by atoms with van der Waals surface area (Å²) in [6, 6.07) is 15.0. The minimum absolute atomic E-state index is 0.133. The van der Waals surface area contributed by atoms with Crippen LogP contribution in [0.15, 0.2) is 53.3 Å². The van der Waals surface area contributed by atoms with Gasteiger partial charge in [0, 0.05) is 12.1 Å². The molecule has 0 spiro atoms. The van der Waals surface area contributed by atoms with E-state index in [1.54, 1.807) is 12.1 Å². The van der Waals surface area contributed by atoms with Crippen molar-refractivity contribution < 1.29 is 4.79 Å². The van der Waals surface area contributed by atoms with E-state index in [-0.39, 0.29) is 11.5 Å². The van der Waals surface area contributed by atoms with Crippen LogP contribution in [-0.2, 0) is 6.54 Å². The van der Waals surface area contributed by atoms with Crippen LogP contribution in [-0.4, -0.2) is 15.5 Å². The predicted molar refractivity (Wildman–Crippen MR) is 115 cm³/mol. The van der Waals surface area contributed by atoms with E-state index in [9.17, 15) is 9.59 Å². The Balaban J connectivity index is 1.49. The number of amides is 1. The number of fused-ring (bicyclic) bond motifs is 1. The zero-order valence-corrected chi connectivity index (χ0v) is 16.6. The molecule has 1 fully saturated rings. The van der Waals surface area contributed by atoms with Crippen molar-refractivity contribution in [1.82, 2.24) is 15.0 Å². The van der Waals surface area contributed by atoms with E-state index >= 15 is 0 Å². The van der Waals surface area contributed by atoms with Gasteiger partial charge in [0.15, 0.2) is 0 Å². The van der Waals surface area contributed by atoms with E-state index in [4.69, 9.17) is 0 Å². The van der Waals surface area contributed by atoms with E-state index < -0.39 is 0 Å². The standard InChI is InChI=1S/C23H26N4O2/c1-2-27-22(29)19-10-6-7-11-20(19)24-23(27)26-25-21(28)18-14-12-17(13-15-18)16-8-4-3-5-9-16/h6-7,10-16H,2-5,8-9H2,1H3,(H,24,26)(H,25,28). The van der Waals surface area contributed by atoms with Crippen LogP contribution < -0.4 is 16.4 Å². The molecule has 29 heavy (non-hydrogen) atoms. The molecule has 1 aromatic heterocycles. The van der Waals surface area contributed by atoms with E-state index in [1.807, 2.05) is 31.2 Å². The summed E-state index contributed by atoms with van der Waals surface area (Å²) in [4.78, 5) is 29.7. The number of hydrogen-bond donors (Lipinski definition) is 2. The molecule has 0 atom stereocenters. The maximum absolute atomic E-state index is 12.7. The topological polar surface area (TPSA) is 76.0 Å². The number of para-hydroxylation sites is 1. The SMILES string of the molecule is CCn1c(NNC(=O)c2ccc(C3CCCCC3)cc2)nc2ccccc2c1=O. The maximum Gasteiger partial charge on any atom is 0.269 e. The van der Waals surface area contributed by atoms with Crippen molar-refractivity contribution in [2.75, 3.05) is 5.43 Å². The molecule has 0 unspecified atom stereocenters. The molecule has 150 valence electrons. The first-order chi connectivity index (χ1) is 14.2. The van der Waals surface area contributed by atoms with Gasteiger partial charge in [-0.15, -0.1) is 0 Å². The lowest BCUT2D eigenvalue weighted by atomic mass is 9.84. The van der Waals surface area contributed by atoms with Crippen LogP contribution in [0, 0.1) is 0 Å². The largest absolute Gasteiger partial charge is 0.277 e. The summed E-state index contributed by atoms with van der Waals surface area (Å²) in [6.07, 6.45) is 6.36. The van der Waals surface area contributed by atoms with Crippen LogP contribution in [0.25, 0.3) is 10.9 Å². The monoisotopic (exact) mass is 390 g/mol. The molecule has 1 saturated carbocycles. The third-order valence-electron chi connectivity index (χ3n) is 5.72. The molecule has 4 rings (SSSR count). The highest BCUT2D eigenvalue weighted by atomic mass is 16.2. The van der Waals surface area contributed by atoms with Crippen molar-refractivity contribution in [3.05, 3.63) is 70.0 Å². The molecule has 6 heteroatoms. The number of benzene rings is 2. The molecule has 6 nitrogen and oxygen atoms in total. The van der Waals surface area contributed by atoms with Gasteiger partial charge in [0.25, 0.3) is 11.5 Å². The number of nitrogens with zero attached hydrogens (tertiary/aromatic N) is 2. The van der Waals surface area contributed by atoms with Crippen molar-refractivity contribution in [1.29, 1.82) is 0 Å². The number of anilines is 1. The van der Waals surface area contributed by atoms with Crippen molar-refractivity contribution >= 4 is 22.8 Å². The van der Waals surface area contributed by atoms with Gasteiger partial charge in [-0.3, -0.25) is 25.0 Å². The zero-order valence-electron chi connectivity index (χ0n) is 16.6. The van der Waals surface area contributed by atoms with Gasteiger partial charge in [0.05, 0.1) is 10.9 Å². The van der Waals surface area contributed by atoms with E-state index in [0.717, 1.165) is 0 Å². The summed E-state index contributed by atoms with van der Waals surface area (Å²) in [5.74, 6) is 0.674. The Morgan fingerprint density at radius 2 is 1.79 bits per heavy atom. The summed E-state index contributed by atoms with van der Waals surface area (Å²) in [7, 11) is 0. The Bertz CT molecular complexity index is 1070. The van der Waals surface area contributed by atoms with Crippen LogP contribution in [0.3, 0.4) is 0 Å². The average molecular weight is 390 g/mol. The first kappa shape index (κ1) is 19.2. The molecule has 0 saturated heterocycles. The maximum atomic E-state index is 12.7. The molecule has 1 aliphatic rings. The Hall–Kier alpha value is -3.15. The first-order valence-corrected chi connectivity index (χ1v) is 10.3. The lowest BCUT2D eigenvalue weighted by Gasteiger charge is -2.22. The van der Waals surface area contributed by atoms with Gasteiger partial charge >= 0.3 is 0 Å². The average Bonchev–Trinajstić information content (AvgIpc) is 2.78. The highest BCUT2D eigenvalue weighted by Crippen LogP contribution is 2.32. The number of rotatable bonds is 5. The number of carbonyl (C=O) groups is 1. The minimum atomic E-state index is -0.259. The highest BCUT2D eigenvalue weighted by Gasteiger charge is 2.16. The first-order valence-electron chi connectivity index (χ1n) is 10.3. The molecule has 2 N–H and O–H groups in total. The van der Waals surface area contributed by atoms with Crippen molar-refractivity contribution in [3.8, 4) is 0 Å². The van der Waals surface area contributed by atoms with E-state index in [2.05, 4.69) is 28.0 Å². The van der Waals surface area contributed by atoms with Crippen molar-refractivity contribution in [2.45, 2.75) is 51.5 Å². The van der Waals surface area contributed by atoms with Gasteiger partial charge in [0.1, 0.15) is 0 Å². The molecule has 1 aliphatic carbocycles. The fourth-order valence-corrected chi connectivity index (χ4v) is 4.08. The summed E-state index contributed by atoms with van der Waals surface area (Å²) in [5.41, 5.74) is 7.84. The van der Waals surface area contributed by atoms with Crippen LogP contribution in [0.1, 0.15) is 60.9 Å². The van der Waals surface area contributed by atoms with E-state index in [0.29, 0.717) is 34.9 Å². The van der Waals surface area contributed by atoms with Crippen LogP contribution >= 0.6 is 0 Å². The normalized spacial score (nSPS) is 14.7. The molecule has 2 aromatic carbocycles. The Morgan fingerprint density at radius 1 is 1.07 bits per heavy atom. The molecule has 3 aromatic rings. The quantitative estimate of drug-likeness (QED) is 0.640. The zero-order chi connectivity index (χ0) is 20.2. The fourth-order valence-electron chi connectivity index (χ4n) is 4.08.